The summed E-state index contributed by atoms with van der Waals surface area (Å²) >= 11 is 0. The number of hydrogen-bond acceptors (Lipinski definition) is 4. The minimum Gasteiger partial charge on any atom is -0.478 e. The summed E-state index contributed by atoms with van der Waals surface area (Å²) in [6.45, 7) is 0.582. The van der Waals surface area contributed by atoms with Gasteiger partial charge in [0.25, 0.3) is 0 Å². The van der Waals surface area contributed by atoms with E-state index in [0.717, 1.165) is 6.42 Å². The molecule has 0 radical (unpaired) electrons. The first kappa shape index (κ1) is 12.7. The Labute approximate surface area is 106 Å². The Morgan fingerprint density at radius 2 is 2.28 bits per heavy atom. The fourth-order valence-corrected chi connectivity index (χ4v) is 2.28. The van der Waals surface area contributed by atoms with E-state index < -0.39 is 16.8 Å². The van der Waals surface area contributed by atoms with Crippen molar-refractivity contribution in [1.29, 1.82) is 0 Å². The van der Waals surface area contributed by atoms with Crippen molar-refractivity contribution in [2.45, 2.75) is 13.0 Å². The third kappa shape index (κ3) is 2.56. The second-order valence-electron chi connectivity index (χ2n) is 3.92. The molecule has 96 valence electrons. The van der Waals surface area contributed by atoms with Gasteiger partial charge >= 0.3 is 5.97 Å². The van der Waals surface area contributed by atoms with Crippen LogP contribution in [0.5, 0.6) is 0 Å². The summed E-state index contributed by atoms with van der Waals surface area (Å²) < 4.78 is 12.6. The molecule has 1 N–H and O–H groups in total. The fourth-order valence-electron chi connectivity index (χ4n) is 1.75. The molecule has 0 saturated carbocycles. The highest BCUT2D eigenvalue weighted by atomic mass is 32.2. The zero-order valence-corrected chi connectivity index (χ0v) is 10.7. The molecule has 2 rings (SSSR count). The summed E-state index contributed by atoms with van der Waals surface area (Å²) in [5.74, 6) is -0.415. The van der Waals surface area contributed by atoms with Crippen molar-refractivity contribution in [3.8, 4) is 0 Å². The molecule has 18 heavy (non-hydrogen) atoms. The van der Waals surface area contributed by atoms with Crippen LogP contribution in [0.2, 0.25) is 0 Å². The minimum absolute atomic E-state index is 0.151. The van der Waals surface area contributed by atoms with Crippen LogP contribution in [0.25, 0.3) is 11.0 Å². The Morgan fingerprint density at radius 1 is 1.50 bits per heavy atom. The van der Waals surface area contributed by atoms with Gasteiger partial charge in [-0.25, -0.2) is 9.48 Å². The van der Waals surface area contributed by atoms with Crippen molar-refractivity contribution in [3.63, 3.8) is 0 Å². The van der Waals surface area contributed by atoms with Crippen molar-refractivity contribution in [3.05, 3.63) is 23.8 Å². The number of hydrogen-bond donors (Lipinski definition) is 1. The second kappa shape index (κ2) is 5.26. The lowest BCUT2D eigenvalue weighted by Gasteiger charge is -2.01. The van der Waals surface area contributed by atoms with Gasteiger partial charge in [0.15, 0.2) is 0 Å². The summed E-state index contributed by atoms with van der Waals surface area (Å²) in [6.07, 6.45) is 2.38. The molecule has 1 unspecified atom stereocenters. The molecule has 0 aliphatic carbocycles. The summed E-state index contributed by atoms with van der Waals surface area (Å²) in [7, 11) is -0.828. The van der Waals surface area contributed by atoms with Gasteiger partial charge in [-0.2, -0.15) is 0 Å². The number of nitrogens with zero attached hydrogens (tertiary/aromatic N) is 3. The monoisotopic (exact) mass is 267 g/mol. The van der Waals surface area contributed by atoms with Gasteiger partial charge in [-0.15, -0.1) is 5.10 Å². The predicted molar refractivity (Wildman–Crippen MR) is 68.0 cm³/mol. The van der Waals surface area contributed by atoms with Crippen LogP contribution in [0, 0.1) is 0 Å². The van der Waals surface area contributed by atoms with E-state index in [-0.39, 0.29) is 5.56 Å². The van der Waals surface area contributed by atoms with Gasteiger partial charge in [0.1, 0.15) is 5.52 Å². The number of fused-ring (bicyclic) bond motifs is 1. The lowest BCUT2D eigenvalue weighted by molar-refractivity contribution is 0.0699. The lowest BCUT2D eigenvalue weighted by atomic mass is 10.2. The Kier molecular flexibility index (Phi) is 3.71. The average Bonchev–Trinajstić information content (AvgIpc) is 2.72. The van der Waals surface area contributed by atoms with Gasteiger partial charge < -0.3 is 5.11 Å². The molecule has 0 spiro atoms. The third-order valence-electron chi connectivity index (χ3n) is 2.58. The number of rotatable bonds is 5. The molecule has 7 heteroatoms. The van der Waals surface area contributed by atoms with Gasteiger partial charge in [0, 0.05) is 29.4 Å². The normalized spacial score (nSPS) is 12.7. The lowest BCUT2D eigenvalue weighted by Crippen LogP contribution is -2.04. The number of carboxylic acids is 1. The Hall–Kier alpha value is -1.76. The highest BCUT2D eigenvalue weighted by Gasteiger charge is 2.13. The molecule has 0 saturated heterocycles. The highest BCUT2D eigenvalue weighted by Crippen LogP contribution is 2.16. The summed E-state index contributed by atoms with van der Waals surface area (Å²) in [5.41, 5.74) is 1.23. The molecule has 1 aromatic carbocycles. The van der Waals surface area contributed by atoms with Gasteiger partial charge in [-0.1, -0.05) is 11.3 Å². The van der Waals surface area contributed by atoms with E-state index in [2.05, 4.69) is 10.3 Å². The largest absolute Gasteiger partial charge is 0.478 e. The van der Waals surface area contributed by atoms with Crippen LogP contribution in [0.15, 0.2) is 18.2 Å². The summed E-state index contributed by atoms with van der Waals surface area (Å²) in [4.78, 5) is 11.0. The van der Waals surface area contributed by atoms with E-state index in [4.69, 9.17) is 5.11 Å². The predicted octanol–water partition coefficient (Wildman–Crippen LogP) is 0.898. The molecule has 1 aromatic heterocycles. The molecule has 0 aliphatic heterocycles. The number of aromatic carboxylic acids is 1. The number of carbonyl (C=O) groups is 1. The number of benzene rings is 1. The Bertz CT molecular complexity index is 609. The summed E-state index contributed by atoms with van der Waals surface area (Å²) in [6, 6.07) is 4.96. The first-order chi connectivity index (χ1) is 8.59. The maximum absolute atomic E-state index is 11.0. The van der Waals surface area contributed by atoms with Gasteiger partial charge in [-0.3, -0.25) is 4.21 Å². The van der Waals surface area contributed by atoms with Crippen LogP contribution in [0.4, 0.5) is 0 Å². The molecular weight excluding hydrogens is 254 g/mol. The van der Waals surface area contributed by atoms with Gasteiger partial charge in [0.05, 0.1) is 11.1 Å². The van der Waals surface area contributed by atoms with E-state index >= 15 is 0 Å². The van der Waals surface area contributed by atoms with Crippen LogP contribution in [0.1, 0.15) is 16.8 Å². The highest BCUT2D eigenvalue weighted by molar-refractivity contribution is 7.84. The SMILES string of the molecule is CS(=O)CCCn1nnc2c(C(=O)O)cccc21. The second-order valence-corrected chi connectivity index (χ2v) is 5.48. The molecule has 1 heterocycles. The van der Waals surface area contributed by atoms with Crippen molar-refractivity contribution in [2.24, 2.45) is 0 Å². The number of aryl methyl sites for hydroxylation is 1. The van der Waals surface area contributed by atoms with E-state index in [9.17, 15) is 9.00 Å². The standard InChI is InChI=1S/C11H13N3O3S/c1-18(17)7-3-6-14-9-5-2-4-8(11(15)16)10(9)12-13-14/h2,4-5H,3,6-7H2,1H3,(H,15,16). The van der Waals surface area contributed by atoms with Crippen molar-refractivity contribution in [1.82, 2.24) is 15.0 Å². The van der Waals surface area contributed by atoms with Crippen LogP contribution in [-0.2, 0) is 17.3 Å². The average molecular weight is 267 g/mol. The maximum Gasteiger partial charge on any atom is 0.338 e. The topological polar surface area (TPSA) is 85.1 Å². The third-order valence-corrected chi connectivity index (χ3v) is 3.44. The van der Waals surface area contributed by atoms with E-state index in [1.165, 1.54) is 6.07 Å². The number of carboxylic acid groups (broad SMARTS) is 1. The smallest absolute Gasteiger partial charge is 0.338 e. The van der Waals surface area contributed by atoms with Crippen molar-refractivity contribution >= 4 is 27.8 Å². The van der Waals surface area contributed by atoms with E-state index in [1.54, 1.807) is 23.1 Å². The quantitative estimate of drug-likeness (QED) is 0.870. The van der Waals surface area contributed by atoms with Crippen LogP contribution >= 0.6 is 0 Å². The van der Waals surface area contributed by atoms with Gasteiger partial charge in [0.2, 0.25) is 0 Å². The first-order valence-electron chi connectivity index (χ1n) is 5.45. The summed E-state index contributed by atoms with van der Waals surface area (Å²) in [5, 5.41) is 16.9. The number of aromatic nitrogens is 3. The first-order valence-corrected chi connectivity index (χ1v) is 7.18. The van der Waals surface area contributed by atoms with Crippen LogP contribution in [0.3, 0.4) is 0 Å². The molecular formula is C11H13N3O3S. The molecule has 1 atom stereocenters. The molecule has 2 aromatic rings. The molecule has 0 bridgehead atoms. The van der Waals surface area contributed by atoms with Crippen LogP contribution in [-0.4, -0.2) is 42.3 Å². The Morgan fingerprint density at radius 3 is 2.94 bits per heavy atom. The van der Waals surface area contributed by atoms with Crippen molar-refractivity contribution < 1.29 is 14.1 Å². The van der Waals surface area contributed by atoms with Crippen molar-refractivity contribution in [2.75, 3.05) is 12.0 Å². The maximum atomic E-state index is 11.0. The molecule has 0 aliphatic rings. The Balaban J connectivity index is 2.28. The zero-order chi connectivity index (χ0) is 13.1. The minimum atomic E-state index is -1.01. The fraction of sp³-hybridized carbons (Fsp3) is 0.364. The zero-order valence-electron chi connectivity index (χ0n) is 9.87. The van der Waals surface area contributed by atoms with E-state index in [1.807, 2.05) is 0 Å². The molecule has 0 amide bonds. The van der Waals surface area contributed by atoms with Crippen LogP contribution < -0.4 is 0 Å². The van der Waals surface area contributed by atoms with E-state index in [0.29, 0.717) is 23.3 Å². The van der Waals surface area contributed by atoms with Gasteiger partial charge in [-0.05, 0) is 18.6 Å². The molecule has 0 fully saturated rings. The molecule has 6 nitrogen and oxygen atoms in total.